The molecular formula is C12H20NO4PS. The van der Waals surface area contributed by atoms with Gasteiger partial charge in [0, 0.05) is 0 Å². The number of phosphoric ester groups is 1. The average Bonchev–Trinajstić information content (AvgIpc) is 2.38. The first-order valence-corrected chi connectivity index (χ1v) is 9.06. The Bertz CT molecular complexity index is 397. The maximum absolute atomic E-state index is 12.3. The number of hydrogen-bond acceptors (Lipinski definition) is 6. The first kappa shape index (κ1) is 16.6. The molecule has 0 N–H and O–H groups in total. The summed E-state index contributed by atoms with van der Waals surface area (Å²) in [7, 11) is -3.57. The lowest BCUT2D eigenvalue weighted by atomic mass is 9.94. The molecule has 2 atom stereocenters. The third-order valence-corrected chi connectivity index (χ3v) is 5.33. The number of thioether (sulfide) groups is 1. The second-order valence-corrected chi connectivity index (χ2v) is 6.52. The SMILES string of the molecule is CCOP(=O)(OCC)OC1=CCC[C@H](C#N)[C@@H]1SC. The molecule has 5 nitrogen and oxygen atoms in total. The van der Waals surface area contributed by atoms with Crippen molar-refractivity contribution >= 4 is 19.6 Å². The van der Waals surface area contributed by atoms with Crippen LogP contribution in [0.5, 0.6) is 0 Å². The van der Waals surface area contributed by atoms with Crippen LogP contribution in [0.3, 0.4) is 0 Å². The summed E-state index contributed by atoms with van der Waals surface area (Å²) < 4.78 is 28.1. The van der Waals surface area contributed by atoms with Crippen molar-refractivity contribution in [1.82, 2.24) is 0 Å². The topological polar surface area (TPSA) is 68.6 Å². The zero-order valence-electron chi connectivity index (χ0n) is 11.5. The zero-order chi connectivity index (χ0) is 14.3. The van der Waals surface area contributed by atoms with E-state index >= 15 is 0 Å². The Morgan fingerprint density at radius 2 is 2.11 bits per heavy atom. The van der Waals surface area contributed by atoms with E-state index in [2.05, 4.69) is 6.07 Å². The molecule has 0 amide bonds. The van der Waals surface area contributed by atoms with E-state index in [0.29, 0.717) is 5.76 Å². The smallest absolute Gasteiger partial charge is 0.408 e. The molecule has 0 saturated heterocycles. The van der Waals surface area contributed by atoms with Gasteiger partial charge in [0.25, 0.3) is 0 Å². The normalized spacial score (nSPS) is 23.6. The van der Waals surface area contributed by atoms with Crippen LogP contribution in [-0.2, 0) is 18.1 Å². The van der Waals surface area contributed by atoms with Crippen molar-refractivity contribution in [2.45, 2.75) is 31.9 Å². The molecule has 0 aromatic carbocycles. The molecule has 0 aromatic heterocycles. The van der Waals surface area contributed by atoms with Crippen LogP contribution < -0.4 is 0 Å². The highest BCUT2D eigenvalue weighted by Gasteiger charge is 2.35. The number of phosphoric acid groups is 1. The van der Waals surface area contributed by atoms with Crippen LogP contribution in [0, 0.1) is 17.2 Å². The third-order valence-electron chi connectivity index (χ3n) is 2.68. The predicted molar refractivity (Wildman–Crippen MR) is 75.7 cm³/mol. The quantitative estimate of drug-likeness (QED) is 0.667. The fourth-order valence-corrected chi connectivity index (χ4v) is 4.14. The molecule has 7 heteroatoms. The molecule has 0 bridgehead atoms. The Labute approximate surface area is 118 Å². The maximum Gasteiger partial charge on any atom is 0.529 e. The van der Waals surface area contributed by atoms with Crippen LogP contribution in [0.4, 0.5) is 0 Å². The van der Waals surface area contributed by atoms with Gasteiger partial charge in [-0.2, -0.15) is 17.0 Å². The predicted octanol–water partition coefficient (Wildman–Crippen LogP) is 3.73. The molecule has 1 aliphatic rings. The molecule has 1 aliphatic carbocycles. The van der Waals surface area contributed by atoms with E-state index < -0.39 is 7.82 Å². The van der Waals surface area contributed by atoms with E-state index in [4.69, 9.17) is 18.8 Å². The minimum Gasteiger partial charge on any atom is -0.408 e. The van der Waals surface area contributed by atoms with E-state index in [9.17, 15) is 4.57 Å². The molecule has 108 valence electrons. The Morgan fingerprint density at radius 3 is 2.58 bits per heavy atom. The van der Waals surface area contributed by atoms with E-state index in [1.54, 1.807) is 13.8 Å². The van der Waals surface area contributed by atoms with Gasteiger partial charge < -0.3 is 4.52 Å². The number of nitriles is 1. The molecule has 1 rings (SSSR count). The summed E-state index contributed by atoms with van der Waals surface area (Å²) in [6.45, 7) is 3.95. The van der Waals surface area contributed by atoms with Crippen LogP contribution >= 0.6 is 19.6 Å². The lowest BCUT2D eigenvalue weighted by Crippen LogP contribution is -2.23. The molecule has 0 radical (unpaired) electrons. The van der Waals surface area contributed by atoms with Crippen molar-refractivity contribution in [3.8, 4) is 6.07 Å². The Hall–Kier alpha value is -0.470. The van der Waals surface area contributed by atoms with Crippen molar-refractivity contribution in [2.75, 3.05) is 19.5 Å². The summed E-state index contributed by atoms with van der Waals surface area (Å²) in [4.78, 5) is 0. The maximum atomic E-state index is 12.3. The third kappa shape index (κ3) is 4.54. The second kappa shape index (κ2) is 7.96. The number of rotatable bonds is 7. The second-order valence-electron chi connectivity index (χ2n) is 3.95. The molecule has 0 unspecified atom stereocenters. The first-order valence-electron chi connectivity index (χ1n) is 6.31. The van der Waals surface area contributed by atoms with Gasteiger partial charge in [-0.3, -0.25) is 9.05 Å². The Kier molecular flexibility index (Phi) is 6.95. The van der Waals surface area contributed by atoms with Gasteiger partial charge in [0.15, 0.2) is 0 Å². The van der Waals surface area contributed by atoms with Crippen molar-refractivity contribution in [1.29, 1.82) is 5.26 Å². The van der Waals surface area contributed by atoms with Gasteiger partial charge in [-0.15, -0.1) is 0 Å². The minimum absolute atomic E-state index is 0.118. The van der Waals surface area contributed by atoms with E-state index in [0.717, 1.165) is 12.8 Å². The lowest BCUT2D eigenvalue weighted by Gasteiger charge is -2.28. The molecule has 0 fully saturated rings. The van der Waals surface area contributed by atoms with Crippen LogP contribution in [-0.4, -0.2) is 24.7 Å². The van der Waals surface area contributed by atoms with Gasteiger partial charge in [-0.1, -0.05) is 0 Å². The number of hydrogen-bond donors (Lipinski definition) is 0. The van der Waals surface area contributed by atoms with Crippen molar-refractivity contribution in [3.63, 3.8) is 0 Å². The number of nitrogens with zero attached hydrogens (tertiary/aromatic N) is 1. The Morgan fingerprint density at radius 1 is 1.47 bits per heavy atom. The van der Waals surface area contributed by atoms with Crippen LogP contribution in [0.25, 0.3) is 0 Å². The van der Waals surface area contributed by atoms with Gasteiger partial charge in [-0.25, -0.2) is 4.57 Å². The fourth-order valence-electron chi connectivity index (χ4n) is 1.91. The molecular weight excluding hydrogens is 285 g/mol. The van der Waals surface area contributed by atoms with Gasteiger partial charge in [0.2, 0.25) is 0 Å². The standard InChI is InChI=1S/C12H20NO4PS/c1-4-15-18(14,16-5-2)17-11-8-6-7-10(9-13)12(11)19-3/h8,10,12H,4-7H2,1-3H3/t10-,12+/m1/s1. The summed E-state index contributed by atoms with van der Waals surface area (Å²) in [5.74, 6) is 0.405. The molecule has 0 aromatic rings. The fraction of sp³-hybridized carbons (Fsp3) is 0.750. The van der Waals surface area contributed by atoms with E-state index in [1.165, 1.54) is 11.8 Å². The van der Waals surface area contributed by atoms with Crippen molar-refractivity contribution < 1.29 is 18.1 Å². The van der Waals surface area contributed by atoms with Crippen LogP contribution in [0.1, 0.15) is 26.7 Å². The van der Waals surface area contributed by atoms with Crippen molar-refractivity contribution in [3.05, 3.63) is 11.8 Å². The zero-order valence-corrected chi connectivity index (χ0v) is 13.2. The molecule has 0 heterocycles. The molecule has 0 aliphatic heterocycles. The summed E-state index contributed by atoms with van der Waals surface area (Å²) in [5, 5.41) is 9.02. The van der Waals surface area contributed by atoms with E-state index in [-0.39, 0.29) is 24.4 Å². The van der Waals surface area contributed by atoms with Gasteiger partial charge in [0.05, 0.1) is 30.5 Å². The monoisotopic (exact) mass is 305 g/mol. The van der Waals surface area contributed by atoms with Gasteiger partial charge >= 0.3 is 7.82 Å². The highest BCUT2D eigenvalue weighted by molar-refractivity contribution is 7.99. The first-order chi connectivity index (χ1) is 9.10. The lowest BCUT2D eigenvalue weighted by molar-refractivity contribution is 0.141. The summed E-state index contributed by atoms with van der Waals surface area (Å²) in [6, 6.07) is 2.27. The van der Waals surface area contributed by atoms with E-state index in [1.807, 2.05) is 12.3 Å². The van der Waals surface area contributed by atoms with Crippen LogP contribution in [0.2, 0.25) is 0 Å². The molecule has 19 heavy (non-hydrogen) atoms. The summed E-state index contributed by atoms with van der Waals surface area (Å²) in [5.41, 5.74) is 0. The highest BCUT2D eigenvalue weighted by atomic mass is 32.2. The number of allylic oxidation sites excluding steroid dienone is 1. The highest BCUT2D eigenvalue weighted by Crippen LogP contribution is 2.53. The molecule has 0 spiro atoms. The largest absolute Gasteiger partial charge is 0.529 e. The van der Waals surface area contributed by atoms with Gasteiger partial charge in [-0.05, 0) is 39.0 Å². The Balaban J connectivity index is 2.86. The minimum atomic E-state index is -3.57. The average molecular weight is 305 g/mol. The van der Waals surface area contributed by atoms with Crippen molar-refractivity contribution in [2.24, 2.45) is 5.92 Å². The van der Waals surface area contributed by atoms with Gasteiger partial charge in [0.1, 0.15) is 5.76 Å². The molecule has 0 saturated carbocycles. The summed E-state index contributed by atoms with van der Waals surface area (Å²) in [6.07, 6.45) is 5.31. The summed E-state index contributed by atoms with van der Waals surface area (Å²) >= 11 is 1.52. The van der Waals surface area contributed by atoms with Crippen LogP contribution in [0.15, 0.2) is 11.8 Å².